The Labute approximate surface area is 192 Å². The molecule has 1 heterocycles. The van der Waals surface area contributed by atoms with Crippen LogP contribution >= 0.6 is 0 Å². The first-order valence-corrected chi connectivity index (χ1v) is 11.9. The van der Waals surface area contributed by atoms with Crippen LogP contribution in [0.4, 0.5) is 0 Å². The highest BCUT2D eigenvalue weighted by atomic mass is 32.2. The number of carbonyl (C=O) groups excluding carboxylic acids is 1. The molecular formula is C25H23N3O4S. The fourth-order valence-electron chi connectivity index (χ4n) is 3.29. The Hall–Kier alpha value is -3.75. The lowest BCUT2D eigenvalue weighted by atomic mass is 10.1. The fraction of sp³-hybridized carbons (Fsp3) is 0.120. The zero-order chi connectivity index (χ0) is 23.3. The number of sulfonamides is 1. The molecule has 4 aromatic rings. The van der Waals surface area contributed by atoms with Gasteiger partial charge in [0, 0.05) is 17.3 Å². The van der Waals surface area contributed by atoms with Crippen molar-refractivity contribution < 1.29 is 17.9 Å². The first-order valence-electron chi connectivity index (χ1n) is 10.4. The maximum atomic E-state index is 12.6. The van der Waals surface area contributed by atoms with Gasteiger partial charge >= 0.3 is 5.97 Å². The van der Waals surface area contributed by atoms with Crippen molar-refractivity contribution in [2.75, 3.05) is 0 Å². The van der Waals surface area contributed by atoms with Gasteiger partial charge < -0.3 is 4.74 Å². The van der Waals surface area contributed by atoms with E-state index >= 15 is 0 Å². The quantitative estimate of drug-likeness (QED) is 0.401. The van der Waals surface area contributed by atoms with Crippen molar-refractivity contribution in [1.29, 1.82) is 0 Å². The van der Waals surface area contributed by atoms with Crippen LogP contribution in [-0.2, 0) is 26.2 Å². The molecule has 0 fully saturated rings. The zero-order valence-electron chi connectivity index (χ0n) is 18.0. The average molecular weight is 462 g/mol. The minimum Gasteiger partial charge on any atom is -0.459 e. The number of hydrogen-bond donors (Lipinski definition) is 1. The summed E-state index contributed by atoms with van der Waals surface area (Å²) in [6, 6.07) is 26.0. The van der Waals surface area contributed by atoms with Crippen LogP contribution in [0.3, 0.4) is 0 Å². The molecule has 0 spiro atoms. The number of para-hydroxylation sites is 1. The topological polar surface area (TPSA) is 90.3 Å². The van der Waals surface area contributed by atoms with Crippen LogP contribution in [0.1, 0.15) is 12.5 Å². The van der Waals surface area contributed by atoms with Crippen molar-refractivity contribution in [2.24, 2.45) is 0 Å². The largest absolute Gasteiger partial charge is 0.459 e. The second kappa shape index (κ2) is 9.81. The van der Waals surface area contributed by atoms with Crippen molar-refractivity contribution in [1.82, 2.24) is 14.5 Å². The highest BCUT2D eigenvalue weighted by molar-refractivity contribution is 7.89. The molecule has 33 heavy (non-hydrogen) atoms. The van der Waals surface area contributed by atoms with Gasteiger partial charge in [-0.3, -0.25) is 4.79 Å². The Balaban J connectivity index is 1.51. The molecule has 0 bridgehead atoms. The van der Waals surface area contributed by atoms with Crippen molar-refractivity contribution in [3.63, 3.8) is 0 Å². The molecule has 3 aromatic carbocycles. The summed E-state index contributed by atoms with van der Waals surface area (Å²) >= 11 is 0. The smallest absolute Gasteiger partial charge is 0.324 e. The molecule has 1 atom stereocenters. The Morgan fingerprint density at radius 1 is 0.939 bits per heavy atom. The lowest BCUT2D eigenvalue weighted by molar-refractivity contribution is -0.146. The summed E-state index contributed by atoms with van der Waals surface area (Å²) in [4.78, 5) is 12.7. The van der Waals surface area contributed by atoms with Gasteiger partial charge in [0.1, 0.15) is 12.6 Å². The molecule has 4 rings (SSSR count). The van der Waals surface area contributed by atoms with Gasteiger partial charge in [-0.15, -0.1) is 0 Å². The third-order valence-corrected chi connectivity index (χ3v) is 6.52. The monoisotopic (exact) mass is 461 g/mol. The highest BCUT2D eigenvalue weighted by Gasteiger charge is 2.24. The van der Waals surface area contributed by atoms with E-state index in [4.69, 9.17) is 4.74 Å². The molecule has 0 aliphatic carbocycles. The number of benzene rings is 3. The van der Waals surface area contributed by atoms with Crippen molar-refractivity contribution >= 4 is 16.0 Å². The molecule has 0 aliphatic rings. The van der Waals surface area contributed by atoms with E-state index < -0.39 is 22.0 Å². The van der Waals surface area contributed by atoms with E-state index in [1.165, 1.54) is 19.1 Å². The molecule has 7 nitrogen and oxygen atoms in total. The molecule has 168 valence electrons. The Bertz CT molecular complexity index is 1320. The first-order chi connectivity index (χ1) is 15.9. The van der Waals surface area contributed by atoms with Crippen LogP contribution in [0.15, 0.2) is 102 Å². The van der Waals surface area contributed by atoms with E-state index in [1.54, 1.807) is 22.9 Å². The van der Waals surface area contributed by atoms with E-state index in [0.717, 1.165) is 11.3 Å². The predicted molar refractivity (Wildman–Crippen MR) is 125 cm³/mol. The van der Waals surface area contributed by atoms with E-state index in [9.17, 15) is 13.2 Å². The van der Waals surface area contributed by atoms with Crippen molar-refractivity contribution in [3.05, 3.63) is 103 Å². The Morgan fingerprint density at radius 3 is 2.15 bits per heavy atom. The van der Waals surface area contributed by atoms with Gasteiger partial charge in [0.05, 0.1) is 16.3 Å². The summed E-state index contributed by atoms with van der Waals surface area (Å²) in [6.45, 7) is 1.40. The van der Waals surface area contributed by atoms with E-state index in [0.29, 0.717) is 11.3 Å². The fourth-order valence-corrected chi connectivity index (χ4v) is 4.50. The number of nitrogens with one attached hydrogen (secondary N) is 1. The van der Waals surface area contributed by atoms with Crippen molar-refractivity contribution in [2.45, 2.75) is 24.5 Å². The van der Waals surface area contributed by atoms with Crippen LogP contribution < -0.4 is 4.72 Å². The Kier molecular flexibility index (Phi) is 6.67. The number of rotatable bonds is 8. The maximum absolute atomic E-state index is 12.6. The van der Waals surface area contributed by atoms with E-state index in [1.807, 2.05) is 66.9 Å². The predicted octanol–water partition coefficient (Wildman–Crippen LogP) is 3.95. The number of hydrogen-bond acceptors (Lipinski definition) is 5. The van der Waals surface area contributed by atoms with Gasteiger partial charge in [0.25, 0.3) is 0 Å². The summed E-state index contributed by atoms with van der Waals surface area (Å²) in [5.74, 6) is -0.680. The average Bonchev–Trinajstić information content (AvgIpc) is 3.28. The Morgan fingerprint density at radius 2 is 1.52 bits per heavy atom. The number of ether oxygens (including phenoxy) is 1. The normalized spacial score (nSPS) is 12.3. The summed E-state index contributed by atoms with van der Waals surface area (Å²) < 4.78 is 34.5. The van der Waals surface area contributed by atoms with Crippen LogP contribution in [0, 0.1) is 0 Å². The summed E-state index contributed by atoms with van der Waals surface area (Å²) in [5.41, 5.74) is 3.15. The van der Waals surface area contributed by atoms with Crippen LogP contribution in [0.25, 0.3) is 16.9 Å². The molecule has 0 saturated heterocycles. The standard InChI is InChI=1S/C25H23N3O4S/c1-19(27-33(30,31)23-15-9-4-10-16-23)25(29)32-18-21-17-28(22-13-7-3-8-14-22)26-24(21)20-11-5-2-6-12-20/h2-17,19,27H,18H2,1H3/t19-/m0/s1. The molecule has 0 unspecified atom stereocenters. The third-order valence-electron chi connectivity index (χ3n) is 4.97. The minimum atomic E-state index is -3.84. The van der Waals surface area contributed by atoms with Crippen LogP contribution in [0.5, 0.6) is 0 Å². The summed E-state index contributed by atoms with van der Waals surface area (Å²) in [7, 11) is -3.84. The molecular weight excluding hydrogens is 438 g/mol. The van der Waals surface area contributed by atoms with Gasteiger partial charge in [0.15, 0.2) is 0 Å². The van der Waals surface area contributed by atoms with Gasteiger partial charge in [-0.25, -0.2) is 13.1 Å². The van der Waals surface area contributed by atoms with Crippen LogP contribution in [0.2, 0.25) is 0 Å². The molecule has 0 saturated carbocycles. The SMILES string of the molecule is C[C@H](NS(=O)(=O)c1ccccc1)C(=O)OCc1cn(-c2ccccc2)nc1-c1ccccc1. The number of esters is 1. The second-order valence-corrected chi connectivity index (χ2v) is 9.13. The van der Waals surface area contributed by atoms with Crippen molar-refractivity contribution in [3.8, 4) is 16.9 Å². The van der Waals surface area contributed by atoms with E-state index in [-0.39, 0.29) is 11.5 Å². The van der Waals surface area contributed by atoms with Gasteiger partial charge in [-0.05, 0) is 31.2 Å². The highest BCUT2D eigenvalue weighted by Crippen LogP contribution is 2.24. The summed E-state index contributed by atoms with van der Waals surface area (Å²) in [5, 5.41) is 4.69. The molecule has 1 aromatic heterocycles. The van der Waals surface area contributed by atoms with Gasteiger partial charge in [-0.1, -0.05) is 66.7 Å². The third kappa shape index (κ3) is 5.36. The first kappa shape index (κ1) is 22.4. The maximum Gasteiger partial charge on any atom is 0.324 e. The lowest BCUT2D eigenvalue weighted by Crippen LogP contribution is -2.39. The minimum absolute atomic E-state index is 0.0483. The van der Waals surface area contributed by atoms with E-state index in [2.05, 4.69) is 9.82 Å². The molecule has 0 radical (unpaired) electrons. The number of nitrogens with zero attached hydrogens (tertiary/aromatic N) is 2. The van der Waals surface area contributed by atoms with Crippen LogP contribution in [-0.4, -0.2) is 30.2 Å². The number of carbonyl (C=O) groups is 1. The number of aromatic nitrogens is 2. The lowest BCUT2D eigenvalue weighted by Gasteiger charge is -2.14. The molecule has 0 amide bonds. The second-order valence-electron chi connectivity index (χ2n) is 7.41. The molecule has 1 N–H and O–H groups in total. The zero-order valence-corrected chi connectivity index (χ0v) is 18.8. The van der Waals surface area contributed by atoms with Gasteiger partial charge in [-0.2, -0.15) is 9.82 Å². The summed E-state index contributed by atoms with van der Waals surface area (Å²) in [6.07, 6.45) is 1.81. The van der Waals surface area contributed by atoms with Gasteiger partial charge in [0.2, 0.25) is 10.0 Å². The molecule has 0 aliphatic heterocycles. The molecule has 8 heteroatoms.